The Morgan fingerprint density at radius 3 is 2.30 bits per heavy atom. The van der Waals surface area contributed by atoms with Crippen LogP contribution in [0.2, 0.25) is 6.04 Å². The van der Waals surface area contributed by atoms with Crippen LogP contribution in [-0.4, -0.2) is 14.0 Å². The molecule has 1 nitrogen and oxygen atoms in total. The number of hydrogen-bond donors (Lipinski definition) is 0. The van der Waals surface area contributed by atoms with Crippen LogP contribution in [0.4, 0.5) is 0 Å². The van der Waals surface area contributed by atoms with Crippen molar-refractivity contribution in [2.75, 3.05) is 6.61 Å². The van der Waals surface area contributed by atoms with Crippen molar-refractivity contribution in [2.45, 2.75) is 64.3 Å². The van der Waals surface area contributed by atoms with E-state index in [1.807, 2.05) is 0 Å². The van der Waals surface area contributed by atoms with E-state index in [0.29, 0.717) is 6.61 Å². The first kappa shape index (κ1) is 19.1. The van der Waals surface area contributed by atoms with Crippen LogP contribution in [0.1, 0.15) is 63.9 Å². The lowest BCUT2D eigenvalue weighted by atomic mass is 9.76. The van der Waals surface area contributed by atoms with Gasteiger partial charge in [0.2, 0.25) is 7.42 Å². The third kappa shape index (κ3) is 7.07. The fourth-order valence-electron chi connectivity index (χ4n) is 3.66. The van der Waals surface area contributed by atoms with Crippen molar-refractivity contribution in [3.63, 3.8) is 0 Å². The third-order valence-electron chi connectivity index (χ3n) is 4.84. The molecule has 0 spiro atoms. The highest BCUT2D eigenvalue weighted by atomic mass is 35.7. The molecule has 1 aliphatic carbocycles. The summed E-state index contributed by atoms with van der Waals surface area (Å²) in [7, 11) is -1.47. The van der Waals surface area contributed by atoms with E-state index in [4.69, 9.17) is 26.9 Å². The number of rotatable bonds is 8. The minimum absolute atomic E-state index is 0.711. The first-order chi connectivity index (χ1) is 11.0. The van der Waals surface area contributed by atoms with E-state index < -0.39 is 7.42 Å². The lowest BCUT2D eigenvalue weighted by Crippen LogP contribution is -2.15. The maximum atomic E-state index is 5.85. The largest absolute Gasteiger partial charge is 0.494 e. The van der Waals surface area contributed by atoms with Gasteiger partial charge in [0.05, 0.1) is 6.61 Å². The first-order valence-electron chi connectivity index (χ1n) is 9.05. The highest BCUT2D eigenvalue weighted by molar-refractivity contribution is 7.33. The van der Waals surface area contributed by atoms with Crippen LogP contribution in [0.3, 0.4) is 0 Å². The van der Waals surface area contributed by atoms with E-state index in [-0.39, 0.29) is 0 Å². The van der Waals surface area contributed by atoms with E-state index >= 15 is 0 Å². The van der Waals surface area contributed by atoms with Gasteiger partial charge in [0.15, 0.2) is 0 Å². The summed E-state index contributed by atoms with van der Waals surface area (Å²) in [6.45, 7) is 5.39. The van der Waals surface area contributed by atoms with Gasteiger partial charge in [0.1, 0.15) is 5.75 Å². The molecule has 0 radical (unpaired) electrons. The molecule has 1 saturated carbocycles. The number of ether oxygens (including phenoxy) is 1. The summed E-state index contributed by atoms with van der Waals surface area (Å²) in [5, 5.41) is 0. The van der Waals surface area contributed by atoms with Crippen LogP contribution in [0.25, 0.3) is 0 Å². The highest BCUT2D eigenvalue weighted by Gasteiger charge is 2.22. The quantitative estimate of drug-likeness (QED) is 0.288. The van der Waals surface area contributed by atoms with Gasteiger partial charge in [-0.1, -0.05) is 26.0 Å². The van der Waals surface area contributed by atoms with E-state index in [1.54, 1.807) is 0 Å². The molecular weight excluding hydrogens is 343 g/mol. The molecule has 0 amide bonds. The average molecular weight is 373 g/mol. The molecule has 0 aliphatic heterocycles. The summed E-state index contributed by atoms with van der Waals surface area (Å²) in [5.74, 6) is 3.49. The molecular formula is C19H30Cl2OSi. The maximum Gasteiger partial charge on any atom is 0.237 e. The Morgan fingerprint density at radius 1 is 1.09 bits per heavy atom. The molecule has 0 aromatic heterocycles. The standard InChI is InChI=1S/C19H30Cl2OSi/c1-15(2)14-16-4-6-17(7-5-16)18-8-10-19(11-9-18)22-12-3-13-23(20)21/h8-11,15-17,23H,3-7,12-14H2,1-2H3. The minimum Gasteiger partial charge on any atom is -0.494 e. The predicted molar refractivity (Wildman–Crippen MR) is 104 cm³/mol. The van der Waals surface area contributed by atoms with E-state index in [1.165, 1.54) is 37.7 Å². The SMILES string of the molecule is CC(C)CC1CCC(c2ccc(OCCC[SiH](Cl)Cl)cc2)CC1. The molecule has 1 aliphatic rings. The summed E-state index contributed by atoms with van der Waals surface area (Å²) in [4.78, 5) is 0. The van der Waals surface area contributed by atoms with Crippen molar-refractivity contribution in [1.82, 2.24) is 0 Å². The van der Waals surface area contributed by atoms with Gasteiger partial charge in [-0.15, -0.1) is 0 Å². The van der Waals surface area contributed by atoms with Crippen LogP contribution in [0.15, 0.2) is 24.3 Å². The van der Waals surface area contributed by atoms with Gasteiger partial charge in [-0.05, 0) is 80.0 Å². The molecule has 0 heterocycles. The van der Waals surface area contributed by atoms with Crippen LogP contribution >= 0.6 is 22.2 Å². The van der Waals surface area contributed by atoms with Crippen LogP contribution in [-0.2, 0) is 0 Å². The van der Waals surface area contributed by atoms with Gasteiger partial charge in [-0.2, -0.15) is 22.2 Å². The topological polar surface area (TPSA) is 9.23 Å². The van der Waals surface area contributed by atoms with Crippen LogP contribution in [0.5, 0.6) is 5.75 Å². The molecule has 4 heteroatoms. The Morgan fingerprint density at radius 2 is 1.74 bits per heavy atom. The molecule has 0 unspecified atom stereocenters. The Labute approximate surface area is 152 Å². The van der Waals surface area contributed by atoms with Crippen molar-refractivity contribution >= 4 is 29.6 Å². The van der Waals surface area contributed by atoms with Crippen molar-refractivity contribution in [3.8, 4) is 5.75 Å². The summed E-state index contributed by atoms with van der Waals surface area (Å²) in [6, 6.07) is 9.66. The maximum absolute atomic E-state index is 5.85. The van der Waals surface area contributed by atoms with Gasteiger partial charge in [0, 0.05) is 0 Å². The minimum atomic E-state index is -1.47. The van der Waals surface area contributed by atoms with Gasteiger partial charge < -0.3 is 4.74 Å². The Hall–Kier alpha value is -0.183. The molecule has 1 aromatic carbocycles. The second-order valence-electron chi connectivity index (χ2n) is 7.30. The first-order valence-corrected chi connectivity index (χ1v) is 13.4. The van der Waals surface area contributed by atoms with Crippen molar-refractivity contribution in [2.24, 2.45) is 11.8 Å². The molecule has 0 atom stereocenters. The zero-order valence-corrected chi connectivity index (χ0v) is 17.1. The van der Waals surface area contributed by atoms with E-state index in [2.05, 4.69) is 38.1 Å². The number of halogens is 2. The number of hydrogen-bond acceptors (Lipinski definition) is 1. The monoisotopic (exact) mass is 372 g/mol. The molecule has 1 fully saturated rings. The molecule has 0 saturated heterocycles. The smallest absolute Gasteiger partial charge is 0.237 e. The molecule has 0 N–H and O–H groups in total. The summed E-state index contributed by atoms with van der Waals surface area (Å²) in [6.07, 6.45) is 7.81. The molecule has 2 rings (SSSR count). The van der Waals surface area contributed by atoms with Crippen molar-refractivity contribution in [3.05, 3.63) is 29.8 Å². The molecule has 0 bridgehead atoms. The van der Waals surface area contributed by atoms with Crippen LogP contribution in [0, 0.1) is 11.8 Å². The van der Waals surface area contributed by atoms with E-state index in [0.717, 1.165) is 36.0 Å². The second kappa shape index (κ2) is 9.96. The lowest BCUT2D eigenvalue weighted by molar-refractivity contribution is 0.282. The zero-order valence-electron chi connectivity index (χ0n) is 14.4. The van der Waals surface area contributed by atoms with Gasteiger partial charge in [-0.25, -0.2) is 0 Å². The fourth-order valence-corrected chi connectivity index (χ4v) is 5.06. The molecule has 1 aromatic rings. The van der Waals surface area contributed by atoms with Crippen LogP contribution < -0.4 is 4.74 Å². The Balaban J connectivity index is 1.74. The fraction of sp³-hybridized carbons (Fsp3) is 0.684. The van der Waals surface area contributed by atoms with Gasteiger partial charge >= 0.3 is 0 Å². The second-order valence-corrected chi connectivity index (χ2v) is 12.5. The Bertz CT molecular complexity index is 439. The third-order valence-corrected chi connectivity index (χ3v) is 6.99. The van der Waals surface area contributed by atoms with Crippen molar-refractivity contribution < 1.29 is 4.74 Å². The zero-order chi connectivity index (χ0) is 16.7. The van der Waals surface area contributed by atoms with E-state index in [9.17, 15) is 0 Å². The summed E-state index contributed by atoms with van der Waals surface area (Å²) < 4.78 is 5.76. The average Bonchev–Trinajstić information content (AvgIpc) is 2.52. The molecule has 130 valence electrons. The Kier molecular flexibility index (Phi) is 8.29. The summed E-state index contributed by atoms with van der Waals surface area (Å²) in [5.41, 5.74) is 1.48. The predicted octanol–water partition coefficient (Wildman–Crippen LogP) is 6.47. The normalized spacial score (nSPS) is 21.8. The van der Waals surface area contributed by atoms with Gasteiger partial charge in [0.25, 0.3) is 0 Å². The van der Waals surface area contributed by atoms with Gasteiger partial charge in [-0.3, -0.25) is 0 Å². The number of benzene rings is 1. The molecule has 23 heavy (non-hydrogen) atoms. The van der Waals surface area contributed by atoms with Crippen molar-refractivity contribution in [1.29, 1.82) is 0 Å². The summed E-state index contributed by atoms with van der Waals surface area (Å²) >= 11 is 11.7. The highest BCUT2D eigenvalue weighted by Crippen LogP contribution is 2.38. The lowest BCUT2D eigenvalue weighted by Gasteiger charge is -2.29.